The van der Waals surface area contributed by atoms with E-state index in [2.05, 4.69) is 39.6 Å². The predicted molar refractivity (Wildman–Crippen MR) is 226 cm³/mol. The van der Waals surface area contributed by atoms with E-state index < -0.39 is 40.7 Å². The van der Waals surface area contributed by atoms with Gasteiger partial charge in [-0.05, 0) is 113 Å². The zero-order valence-corrected chi connectivity index (χ0v) is 35.4. The Bertz CT molecular complexity index is 2260. The topological polar surface area (TPSA) is 150 Å². The van der Waals surface area contributed by atoms with E-state index in [0.29, 0.717) is 73.5 Å². The van der Waals surface area contributed by atoms with Gasteiger partial charge in [0.15, 0.2) is 5.11 Å². The average Bonchev–Trinajstić information content (AvgIpc) is 3.34. The third-order valence-corrected chi connectivity index (χ3v) is 11.5. The summed E-state index contributed by atoms with van der Waals surface area (Å²) in [5.41, 5.74) is -0.911. The molecule has 3 aliphatic heterocycles. The van der Waals surface area contributed by atoms with Gasteiger partial charge in [0.2, 0.25) is 17.7 Å². The van der Waals surface area contributed by atoms with Gasteiger partial charge in [-0.1, -0.05) is 18.5 Å². The fourth-order valence-corrected chi connectivity index (χ4v) is 8.55. The van der Waals surface area contributed by atoms with Crippen LogP contribution in [0.15, 0.2) is 54.6 Å². The zero-order chi connectivity index (χ0) is 43.7. The number of alkyl halides is 3. The number of nitriles is 1. The molecule has 318 valence electrons. The van der Waals surface area contributed by atoms with Gasteiger partial charge in [0.05, 0.1) is 29.4 Å². The molecule has 3 N–H and O–H groups in total. The Kier molecular flexibility index (Phi) is 12.8. The summed E-state index contributed by atoms with van der Waals surface area (Å²) in [5.74, 6) is -0.797. The molecule has 3 aromatic rings. The number of anilines is 4. The molecule has 0 radical (unpaired) electrons. The molecular weight excluding hydrogens is 821 g/mol. The van der Waals surface area contributed by atoms with Gasteiger partial charge in [0, 0.05) is 60.2 Å². The van der Waals surface area contributed by atoms with Gasteiger partial charge < -0.3 is 20.3 Å². The first-order valence-electron chi connectivity index (χ1n) is 19.5. The van der Waals surface area contributed by atoms with Crippen LogP contribution in [0.5, 0.6) is 5.75 Å². The standard InChI is InChI=1S/C42H46ClF3N8O5S/c1-6-25-17-31(54-39(60)53(38(58)41(54,4)5)30-8-7-26(22-47)32(21-30)42(44,45)46)9-11-34(25)59-16-15-51-13-14-52(40(2,3)24-51)23-36(56)49-29-19-27(43)18-28(20-29)48-33-10-12-35(55)50-37(33)57/h7-9,11,17-21,33,48H,6,10,12-16,23-24H2,1-5H3,(H,49,56)(H,50,55,57). The van der Waals surface area contributed by atoms with Crippen LogP contribution in [0.2, 0.25) is 5.02 Å². The maximum absolute atomic E-state index is 13.8. The molecule has 0 saturated carbocycles. The third kappa shape index (κ3) is 9.52. The van der Waals surface area contributed by atoms with Crippen molar-refractivity contribution in [3.63, 3.8) is 0 Å². The van der Waals surface area contributed by atoms with Crippen molar-refractivity contribution in [1.29, 1.82) is 5.26 Å². The largest absolute Gasteiger partial charge is 0.492 e. The van der Waals surface area contributed by atoms with Crippen LogP contribution in [0.1, 0.15) is 64.2 Å². The summed E-state index contributed by atoms with van der Waals surface area (Å²) < 4.78 is 47.7. The smallest absolute Gasteiger partial charge is 0.417 e. The number of halogens is 4. The van der Waals surface area contributed by atoms with Gasteiger partial charge in [-0.25, -0.2) is 0 Å². The highest BCUT2D eigenvalue weighted by molar-refractivity contribution is 7.81. The molecule has 60 heavy (non-hydrogen) atoms. The number of hydrogen-bond acceptors (Lipinski definition) is 10. The van der Waals surface area contributed by atoms with Crippen molar-refractivity contribution < 1.29 is 37.1 Å². The minimum absolute atomic E-state index is 0.00993. The average molecular weight is 867 g/mol. The first-order chi connectivity index (χ1) is 28.2. The summed E-state index contributed by atoms with van der Waals surface area (Å²) >= 11 is 12.1. The van der Waals surface area contributed by atoms with Gasteiger partial charge in [0.25, 0.3) is 5.91 Å². The summed E-state index contributed by atoms with van der Waals surface area (Å²) in [6, 6.07) is 14.5. The number of piperidine rings is 1. The molecule has 3 saturated heterocycles. The second-order valence-corrected chi connectivity index (χ2v) is 16.9. The molecule has 6 rings (SSSR count). The lowest BCUT2D eigenvalue weighted by atomic mass is 9.98. The normalized spacial score (nSPS) is 19.6. The van der Waals surface area contributed by atoms with E-state index in [1.54, 1.807) is 55.1 Å². The molecule has 3 aromatic carbocycles. The highest BCUT2D eigenvalue weighted by Crippen LogP contribution is 2.41. The van der Waals surface area contributed by atoms with E-state index in [4.69, 9.17) is 28.6 Å². The number of aryl methyl sites for hydroxylation is 1. The van der Waals surface area contributed by atoms with Gasteiger partial charge in [-0.2, -0.15) is 18.4 Å². The number of nitrogens with zero attached hydrogens (tertiary/aromatic N) is 5. The lowest BCUT2D eigenvalue weighted by molar-refractivity contribution is -0.138. The van der Waals surface area contributed by atoms with E-state index in [0.717, 1.165) is 22.6 Å². The molecule has 3 aliphatic rings. The van der Waals surface area contributed by atoms with E-state index in [1.165, 1.54) is 6.07 Å². The maximum Gasteiger partial charge on any atom is 0.417 e. The van der Waals surface area contributed by atoms with Gasteiger partial charge >= 0.3 is 6.18 Å². The quantitative estimate of drug-likeness (QED) is 0.138. The van der Waals surface area contributed by atoms with Crippen LogP contribution >= 0.6 is 23.8 Å². The Balaban J connectivity index is 1.04. The van der Waals surface area contributed by atoms with Crippen LogP contribution < -0.4 is 30.5 Å². The molecule has 13 nitrogen and oxygen atoms in total. The number of amides is 4. The Morgan fingerprint density at radius 2 is 1.75 bits per heavy atom. The van der Waals surface area contributed by atoms with Crippen molar-refractivity contribution in [2.75, 3.05) is 59.8 Å². The van der Waals surface area contributed by atoms with Crippen molar-refractivity contribution in [1.82, 2.24) is 15.1 Å². The number of ether oxygens (including phenoxy) is 1. The minimum atomic E-state index is -4.80. The first-order valence-corrected chi connectivity index (χ1v) is 20.2. The molecule has 3 fully saturated rings. The predicted octanol–water partition coefficient (Wildman–Crippen LogP) is 6.34. The van der Waals surface area contributed by atoms with Gasteiger partial charge in [0.1, 0.15) is 23.9 Å². The minimum Gasteiger partial charge on any atom is -0.492 e. The molecule has 0 bridgehead atoms. The zero-order valence-electron chi connectivity index (χ0n) is 33.8. The number of carbonyl (C=O) groups is 4. The molecule has 0 aliphatic carbocycles. The molecule has 4 amide bonds. The monoisotopic (exact) mass is 866 g/mol. The fraction of sp³-hybridized carbons (Fsp3) is 0.429. The molecule has 1 atom stereocenters. The second-order valence-electron chi connectivity index (χ2n) is 16.1. The molecule has 18 heteroatoms. The summed E-state index contributed by atoms with van der Waals surface area (Å²) in [6.07, 6.45) is -3.64. The molecule has 0 aromatic heterocycles. The Morgan fingerprint density at radius 3 is 2.42 bits per heavy atom. The number of thiocarbonyl (C=S) groups is 1. The fourth-order valence-electron chi connectivity index (χ4n) is 7.79. The second kappa shape index (κ2) is 17.4. The van der Waals surface area contributed by atoms with Crippen LogP contribution in [0.25, 0.3) is 0 Å². The summed E-state index contributed by atoms with van der Waals surface area (Å²) in [5, 5.41) is 18.0. The lowest BCUT2D eigenvalue weighted by Crippen LogP contribution is -2.61. The number of hydrogen-bond donors (Lipinski definition) is 3. The SMILES string of the molecule is CCc1cc(N2C(=S)N(c3ccc(C#N)c(C(F)(F)F)c3)C(=O)C2(C)C)ccc1OCCN1CCN(CC(=O)Nc2cc(Cl)cc(NC3CCC(=O)NC3=O)c2)C(C)(C)C1. The van der Waals surface area contributed by atoms with Gasteiger partial charge in [-0.15, -0.1) is 0 Å². The molecule has 1 unspecified atom stereocenters. The van der Waals surface area contributed by atoms with Gasteiger partial charge in [-0.3, -0.25) is 39.2 Å². The van der Waals surface area contributed by atoms with E-state index in [9.17, 15) is 37.6 Å². The van der Waals surface area contributed by atoms with Crippen LogP contribution in [-0.4, -0.2) is 95.0 Å². The van der Waals surface area contributed by atoms with E-state index in [1.807, 2.05) is 13.0 Å². The number of benzene rings is 3. The number of imide groups is 1. The highest BCUT2D eigenvalue weighted by Gasteiger charge is 2.51. The van der Waals surface area contributed by atoms with Crippen LogP contribution in [0.4, 0.5) is 35.9 Å². The van der Waals surface area contributed by atoms with E-state index in [-0.39, 0.29) is 41.1 Å². The van der Waals surface area contributed by atoms with Crippen molar-refractivity contribution >= 4 is 75.3 Å². The summed E-state index contributed by atoms with van der Waals surface area (Å²) in [6.45, 7) is 12.6. The third-order valence-electron chi connectivity index (χ3n) is 11.0. The summed E-state index contributed by atoms with van der Waals surface area (Å²) in [4.78, 5) is 57.8. The first kappa shape index (κ1) is 44.3. The van der Waals surface area contributed by atoms with Crippen LogP contribution in [0, 0.1) is 11.3 Å². The highest BCUT2D eigenvalue weighted by atomic mass is 35.5. The number of piperazine rings is 1. The Labute approximate surface area is 356 Å². The Hall–Kier alpha value is -5.28. The molecule has 3 heterocycles. The van der Waals surface area contributed by atoms with Crippen molar-refractivity contribution in [3.8, 4) is 11.8 Å². The van der Waals surface area contributed by atoms with Crippen molar-refractivity contribution in [2.45, 2.75) is 77.2 Å². The van der Waals surface area contributed by atoms with Crippen LogP contribution in [0.3, 0.4) is 0 Å². The van der Waals surface area contributed by atoms with Crippen molar-refractivity contribution in [2.24, 2.45) is 0 Å². The molecule has 0 spiro atoms. The number of nitrogens with one attached hydrogen (secondary N) is 3. The number of carbonyl (C=O) groups excluding carboxylic acids is 4. The van der Waals surface area contributed by atoms with E-state index >= 15 is 0 Å². The number of rotatable bonds is 12. The van der Waals surface area contributed by atoms with Crippen LogP contribution in [-0.2, 0) is 31.8 Å². The summed E-state index contributed by atoms with van der Waals surface area (Å²) in [7, 11) is 0. The Morgan fingerprint density at radius 1 is 1.03 bits per heavy atom. The lowest BCUT2D eigenvalue weighted by Gasteiger charge is -2.46. The molecular formula is C42H46ClF3N8O5S. The maximum atomic E-state index is 13.8. The van der Waals surface area contributed by atoms with Crippen molar-refractivity contribution in [3.05, 3.63) is 76.3 Å².